The van der Waals surface area contributed by atoms with E-state index in [-0.39, 0.29) is 36.7 Å². The van der Waals surface area contributed by atoms with Gasteiger partial charge in [-0.25, -0.2) is 8.78 Å². The van der Waals surface area contributed by atoms with Crippen LogP contribution >= 0.6 is 12.4 Å². The lowest BCUT2D eigenvalue weighted by Crippen LogP contribution is -2.32. The number of carbonyl (C=O) groups excluding carboxylic acids is 1. The Hall–Kier alpha value is -1.98. The third-order valence-corrected chi connectivity index (χ3v) is 3.82. The van der Waals surface area contributed by atoms with Gasteiger partial charge in [0, 0.05) is 19.5 Å². The zero-order valence-electron chi connectivity index (χ0n) is 14.0. The van der Waals surface area contributed by atoms with Gasteiger partial charge in [0.25, 0.3) is 0 Å². The maximum atomic E-state index is 13.7. The Morgan fingerprint density at radius 1 is 1.08 bits per heavy atom. The fourth-order valence-corrected chi connectivity index (χ4v) is 2.51. The number of hydrogen-bond donors (Lipinski definition) is 1. The molecule has 0 saturated heterocycles. The van der Waals surface area contributed by atoms with Crippen molar-refractivity contribution in [3.8, 4) is 0 Å². The smallest absolute Gasteiger partial charge is 0.223 e. The number of benzene rings is 2. The molecule has 6 heteroatoms. The summed E-state index contributed by atoms with van der Waals surface area (Å²) < 4.78 is 26.9. The van der Waals surface area contributed by atoms with Gasteiger partial charge >= 0.3 is 0 Å². The highest BCUT2D eigenvalue weighted by atomic mass is 35.5. The maximum absolute atomic E-state index is 13.7. The molecule has 0 saturated carbocycles. The molecule has 0 bridgehead atoms. The summed E-state index contributed by atoms with van der Waals surface area (Å²) in [6.07, 6.45) is 1.01. The third-order valence-electron chi connectivity index (χ3n) is 3.82. The van der Waals surface area contributed by atoms with E-state index in [1.165, 1.54) is 0 Å². The van der Waals surface area contributed by atoms with E-state index in [9.17, 15) is 13.6 Å². The molecule has 25 heavy (non-hydrogen) atoms. The highest BCUT2D eigenvalue weighted by Gasteiger charge is 2.15. The number of nitrogens with two attached hydrogens (primary N) is 1. The van der Waals surface area contributed by atoms with Crippen LogP contribution in [0, 0.1) is 11.6 Å². The predicted octanol–water partition coefficient (Wildman–Crippen LogP) is 3.70. The Kier molecular flexibility index (Phi) is 9.10. The van der Waals surface area contributed by atoms with Gasteiger partial charge in [-0.05, 0) is 48.7 Å². The minimum Gasteiger partial charge on any atom is -0.338 e. The van der Waals surface area contributed by atoms with Crippen LogP contribution in [-0.4, -0.2) is 23.9 Å². The molecule has 136 valence electrons. The van der Waals surface area contributed by atoms with Crippen molar-refractivity contribution >= 4 is 18.3 Å². The average Bonchev–Trinajstić information content (AvgIpc) is 2.60. The Morgan fingerprint density at radius 3 is 2.48 bits per heavy atom. The first-order valence-corrected chi connectivity index (χ1v) is 8.06. The van der Waals surface area contributed by atoms with Crippen LogP contribution in [0.3, 0.4) is 0 Å². The summed E-state index contributed by atoms with van der Waals surface area (Å²) in [7, 11) is 0. The van der Waals surface area contributed by atoms with Gasteiger partial charge in [-0.3, -0.25) is 4.79 Å². The van der Waals surface area contributed by atoms with Crippen LogP contribution in [0.1, 0.15) is 24.0 Å². The topological polar surface area (TPSA) is 46.3 Å². The van der Waals surface area contributed by atoms with Crippen molar-refractivity contribution in [2.75, 3.05) is 13.1 Å². The Balaban J connectivity index is 0.00000312. The van der Waals surface area contributed by atoms with Crippen LogP contribution in [-0.2, 0) is 17.8 Å². The number of aryl methyl sites for hydroxylation is 1. The summed E-state index contributed by atoms with van der Waals surface area (Å²) in [6.45, 7) is 1.54. The van der Waals surface area contributed by atoms with Crippen LogP contribution in [0.25, 0.3) is 0 Å². The van der Waals surface area contributed by atoms with Gasteiger partial charge < -0.3 is 10.6 Å². The van der Waals surface area contributed by atoms with E-state index in [0.717, 1.165) is 23.8 Å². The van der Waals surface area contributed by atoms with E-state index in [0.29, 0.717) is 26.1 Å². The van der Waals surface area contributed by atoms with Crippen molar-refractivity contribution in [2.24, 2.45) is 5.73 Å². The zero-order chi connectivity index (χ0) is 17.4. The molecule has 0 aromatic heterocycles. The predicted molar refractivity (Wildman–Crippen MR) is 97.5 cm³/mol. The molecule has 0 aliphatic heterocycles. The van der Waals surface area contributed by atoms with E-state index in [1.54, 1.807) is 4.90 Å². The summed E-state index contributed by atoms with van der Waals surface area (Å²) in [5.74, 6) is -1.07. The van der Waals surface area contributed by atoms with Gasteiger partial charge in [0.15, 0.2) is 0 Å². The number of amides is 1. The first kappa shape index (κ1) is 21.1. The first-order valence-electron chi connectivity index (χ1n) is 8.06. The SMILES string of the molecule is Cl.NCCCN(Cc1ccccc1)C(=O)CCc1cc(F)ccc1F. The summed E-state index contributed by atoms with van der Waals surface area (Å²) in [5.41, 5.74) is 6.79. The van der Waals surface area contributed by atoms with E-state index in [4.69, 9.17) is 5.73 Å². The molecule has 2 N–H and O–H groups in total. The van der Waals surface area contributed by atoms with Gasteiger partial charge in [-0.1, -0.05) is 30.3 Å². The van der Waals surface area contributed by atoms with Crippen molar-refractivity contribution in [3.63, 3.8) is 0 Å². The molecule has 0 atom stereocenters. The zero-order valence-corrected chi connectivity index (χ0v) is 14.8. The Bertz CT molecular complexity index is 668. The lowest BCUT2D eigenvalue weighted by atomic mass is 10.1. The molecule has 2 rings (SSSR count). The second-order valence-electron chi connectivity index (χ2n) is 5.68. The van der Waals surface area contributed by atoms with Gasteiger partial charge in [-0.15, -0.1) is 12.4 Å². The summed E-state index contributed by atoms with van der Waals surface area (Å²) >= 11 is 0. The first-order chi connectivity index (χ1) is 11.6. The van der Waals surface area contributed by atoms with E-state index in [2.05, 4.69) is 0 Å². The molecular formula is C19H23ClF2N2O. The fraction of sp³-hybridized carbons (Fsp3) is 0.316. The van der Waals surface area contributed by atoms with Gasteiger partial charge in [0.1, 0.15) is 11.6 Å². The lowest BCUT2D eigenvalue weighted by molar-refractivity contribution is -0.131. The number of nitrogens with zero attached hydrogens (tertiary/aromatic N) is 1. The monoisotopic (exact) mass is 368 g/mol. The summed E-state index contributed by atoms with van der Waals surface area (Å²) in [5, 5.41) is 0. The second kappa shape index (κ2) is 10.8. The van der Waals surface area contributed by atoms with Crippen LogP contribution < -0.4 is 5.73 Å². The minimum atomic E-state index is -0.497. The van der Waals surface area contributed by atoms with E-state index < -0.39 is 11.6 Å². The molecule has 0 fully saturated rings. The Labute approximate surface area is 153 Å². The molecule has 0 spiro atoms. The number of halogens is 3. The molecule has 1 amide bonds. The van der Waals surface area contributed by atoms with E-state index >= 15 is 0 Å². The summed E-state index contributed by atoms with van der Waals surface area (Å²) in [6, 6.07) is 13.0. The molecule has 0 aliphatic carbocycles. The van der Waals surface area contributed by atoms with Crippen molar-refractivity contribution in [1.29, 1.82) is 0 Å². The maximum Gasteiger partial charge on any atom is 0.223 e. The molecule has 3 nitrogen and oxygen atoms in total. The van der Waals surface area contributed by atoms with Crippen molar-refractivity contribution in [1.82, 2.24) is 4.90 Å². The number of carbonyl (C=O) groups is 1. The van der Waals surface area contributed by atoms with Gasteiger partial charge in [-0.2, -0.15) is 0 Å². The minimum absolute atomic E-state index is 0. The van der Waals surface area contributed by atoms with Crippen LogP contribution in [0.5, 0.6) is 0 Å². The lowest BCUT2D eigenvalue weighted by Gasteiger charge is -2.23. The van der Waals surface area contributed by atoms with Crippen molar-refractivity contribution in [3.05, 3.63) is 71.3 Å². The van der Waals surface area contributed by atoms with Crippen molar-refractivity contribution in [2.45, 2.75) is 25.8 Å². The quantitative estimate of drug-likeness (QED) is 0.772. The van der Waals surface area contributed by atoms with Crippen molar-refractivity contribution < 1.29 is 13.6 Å². The van der Waals surface area contributed by atoms with Gasteiger partial charge in [0.2, 0.25) is 5.91 Å². The van der Waals surface area contributed by atoms with Crippen LogP contribution in [0.15, 0.2) is 48.5 Å². The Morgan fingerprint density at radius 2 is 1.80 bits per heavy atom. The largest absolute Gasteiger partial charge is 0.338 e. The molecule has 0 unspecified atom stereocenters. The van der Waals surface area contributed by atoms with Crippen LogP contribution in [0.4, 0.5) is 8.78 Å². The molecule has 0 heterocycles. The molecule has 0 radical (unpaired) electrons. The normalized spacial score (nSPS) is 10.2. The second-order valence-corrected chi connectivity index (χ2v) is 5.68. The van der Waals surface area contributed by atoms with Gasteiger partial charge in [0.05, 0.1) is 0 Å². The molecule has 2 aromatic rings. The third kappa shape index (κ3) is 6.80. The molecule has 0 aliphatic rings. The average molecular weight is 369 g/mol. The van der Waals surface area contributed by atoms with Crippen LogP contribution in [0.2, 0.25) is 0 Å². The molecular weight excluding hydrogens is 346 g/mol. The van der Waals surface area contributed by atoms with E-state index in [1.807, 2.05) is 30.3 Å². The number of rotatable bonds is 8. The summed E-state index contributed by atoms with van der Waals surface area (Å²) in [4.78, 5) is 14.2. The highest BCUT2D eigenvalue weighted by molar-refractivity contribution is 5.85. The highest BCUT2D eigenvalue weighted by Crippen LogP contribution is 2.14. The fourth-order valence-electron chi connectivity index (χ4n) is 2.51. The number of hydrogen-bond acceptors (Lipinski definition) is 2. The molecule has 2 aromatic carbocycles. The standard InChI is InChI=1S/C19H22F2N2O.ClH/c20-17-8-9-18(21)16(13-17)7-10-19(24)23(12-4-11-22)14-15-5-2-1-3-6-15;/h1-3,5-6,8-9,13H,4,7,10-12,14,22H2;1H.